The Labute approximate surface area is 127 Å². The number of aromatic nitrogens is 1. The number of rotatable bonds is 2. The molecule has 1 heterocycles. The largest absolute Gasteiger partial charge is 0.464 e. The average molecular weight is 298 g/mol. The van der Waals surface area contributed by atoms with Gasteiger partial charge in [0.25, 0.3) is 0 Å². The van der Waals surface area contributed by atoms with Crippen molar-refractivity contribution in [1.82, 2.24) is 4.98 Å². The molecule has 0 saturated carbocycles. The maximum atomic E-state index is 11.6. The molecule has 21 heavy (non-hydrogen) atoms. The summed E-state index contributed by atoms with van der Waals surface area (Å²) in [6.45, 7) is 0. The van der Waals surface area contributed by atoms with Crippen molar-refractivity contribution in [2.45, 2.75) is 0 Å². The minimum atomic E-state index is -0.495. The fraction of sp³-hybridized carbons (Fsp3) is 0.0588. The summed E-state index contributed by atoms with van der Waals surface area (Å²) in [5, 5.41) is 1.30. The molecule has 0 aliphatic heterocycles. The molecule has 0 saturated heterocycles. The first-order valence-corrected chi connectivity index (χ1v) is 6.81. The molecule has 0 fully saturated rings. The van der Waals surface area contributed by atoms with E-state index >= 15 is 0 Å². The van der Waals surface area contributed by atoms with Crippen LogP contribution in [0.25, 0.3) is 22.0 Å². The second kappa shape index (κ2) is 5.54. The van der Waals surface area contributed by atoms with E-state index in [0.29, 0.717) is 10.5 Å². The molecule has 104 valence electrons. The van der Waals surface area contributed by atoms with Crippen LogP contribution in [0.3, 0.4) is 0 Å². The molecule has 0 atom stereocenters. The van der Waals surface area contributed by atoms with Crippen LogP contribution in [0.4, 0.5) is 0 Å². The van der Waals surface area contributed by atoms with E-state index in [-0.39, 0.29) is 5.69 Å². The summed E-state index contributed by atoms with van der Waals surface area (Å²) >= 11 is 6.27. The van der Waals surface area contributed by atoms with Gasteiger partial charge in [0.15, 0.2) is 5.69 Å². The Morgan fingerprint density at radius 3 is 2.52 bits per heavy atom. The highest BCUT2D eigenvalue weighted by Gasteiger charge is 2.12. The van der Waals surface area contributed by atoms with E-state index in [2.05, 4.69) is 9.72 Å². The van der Waals surface area contributed by atoms with Crippen LogP contribution in [-0.4, -0.2) is 18.1 Å². The van der Waals surface area contributed by atoms with Gasteiger partial charge in [0, 0.05) is 5.39 Å². The first-order valence-electron chi connectivity index (χ1n) is 6.43. The number of ether oxygens (including phenoxy) is 1. The van der Waals surface area contributed by atoms with Crippen molar-refractivity contribution >= 4 is 28.5 Å². The molecule has 0 aliphatic rings. The van der Waals surface area contributed by atoms with E-state index in [0.717, 1.165) is 16.5 Å². The Morgan fingerprint density at radius 2 is 1.81 bits per heavy atom. The lowest BCUT2D eigenvalue weighted by atomic mass is 10.0. The van der Waals surface area contributed by atoms with Crippen LogP contribution >= 0.6 is 11.6 Å². The lowest BCUT2D eigenvalue weighted by Gasteiger charge is -2.07. The molecule has 3 rings (SSSR count). The van der Waals surface area contributed by atoms with Crippen LogP contribution in [0, 0.1) is 0 Å². The minimum absolute atomic E-state index is 0.211. The number of nitrogens with zero attached hydrogens (tertiary/aromatic N) is 1. The summed E-state index contributed by atoms with van der Waals surface area (Å²) < 4.78 is 4.67. The highest BCUT2D eigenvalue weighted by atomic mass is 35.5. The van der Waals surface area contributed by atoms with Crippen molar-refractivity contribution in [1.29, 1.82) is 0 Å². The number of halogens is 1. The van der Waals surface area contributed by atoms with Crippen molar-refractivity contribution in [2.24, 2.45) is 0 Å². The molecule has 3 aromatic rings. The van der Waals surface area contributed by atoms with Gasteiger partial charge in [-0.2, -0.15) is 0 Å². The minimum Gasteiger partial charge on any atom is -0.464 e. The Hall–Kier alpha value is -2.39. The van der Waals surface area contributed by atoms with Gasteiger partial charge in [-0.05, 0) is 29.3 Å². The molecule has 0 aliphatic carbocycles. The number of esters is 1. The monoisotopic (exact) mass is 297 g/mol. The Balaban J connectivity index is 2.15. The number of benzene rings is 2. The van der Waals surface area contributed by atoms with Gasteiger partial charge in [-0.15, -0.1) is 0 Å². The summed E-state index contributed by atoms with van der Waals surface area (Å²) in [6.07, 6.45) is 0. The first kappa shape index (κ1) is 13.6. The Kier molecular flexibility index (Phi) is 3.59. The third-order valence-corrected chi connectivity index (χ3v) is 3.57. The van der Waals surface area contributed by atoms with Gasteiger partial charge < -0.3 is 4.74 Å². The summed E-state index contributed by atoms with van der Waals surface area (Å²) in [7, 11) is 1.32. The van der Waals surface area contributed by atoms with Crippen LogP contribution in [-0.2, 0) is 4.74 Å². The normalized spacial score (nSPS) is 10.6. The number of methoxy groups -OCH3 is 1. The molecular formula is C17H12ClNO2. The number of pyridine rings is 1. The summed E-state index contributed by atoms with van der Waals surface area (Å²) in [5.74, 6) is -0.495. The summed E-state index contributed by atoms with van der Waals surface area (Å²) in [6, 6.07) is 17.3. The van der Waals surface area contributed by atoms with Gasteiger partial charge in [0.2, 0.25) is 0 Å². The molecule has 0 spiro atoms. The molecule has 0 unspecified atom stereocenters. The third-order valence-electron chi connectivity index (χ3n) is 3.26. The molecule has 3 nitrogen and oxygen atoms in total. The summed E-state index contributed by atoms with van der Waals surface area (Å²) in [5.41, 5.74) is 3.04. The van der Waals surface area contributed by atoms with Gasteiger partial charge >= 0.3 is 5.97 Å². The molecule has 0 N–H and O–H groups in total. The molecule has 0 bridgehead atoms. The lowest BCUT2D eigenvalue weighted by Crippen LogP contribution is -2.04. The molecule has 1 aromatic heterocycles. The van der Waals surface area contributed by atoms with E-state index in [1.807, 2.05) is 48.5 Å². The SMILES string of the molecule is COC(=O)c1cc(Cl)c2cc(-c3ccccc3)ccc2n1. The Bertz CT molecular complexity index is 816. The number of hydrogen-bond acceptors (Lipinski definition) is 3. The first-order chi connectivity index (χ1) is 10.2. The van der Waals surface area contributed by atoms with Crippen molar-refractivity contribution in [3.63, 3.8) is 0 Å². The lowest BCUT2D eigenvalue weighted by molar-refractivity contribution is 0.0594. The fourth-order valence-electron chi connectivity index (χ4n) is 2.20. The van der Waals surface area contributed by atoms with Gasteiger partial charge in [-0.3, -0.25) is 0 Å². The van der Waals surface area contributed by atoms with Crippen molar-refractivity contribution < 1.29 is 9.53 Å². The molecule has 0 radical (unpaired) electrons. The van der Waals surface area contributed by atoms with Crippen LogP contribution in [0.2, 0.25) is 5.02 Å². The molecule has 4 heteroatoms. The highest BCUT2D eigenvalue weighted by Crippen LogP contribution is 2.28. The highest BCUT2D eigenvalue weighted by molar-refractivity contribution is 6.35. The average Bonchev–Trinajstić information content (AvgIpc) is 2.54. The van der Waals surface area contributed by atoms with Crippen molar-refractivity contribution in [2.75, 3.05) is 7.11 Å². The van der Waals surface area contributed by atoms with Gasteiger partial charge in [-0.1, -0.05) is 48.0 Å². The van der Waals surface area contributed by atoms with Crippen LogP contribution in [0.15, 0.2) is 54.6 Å². The van der Waals surface area contributed by atoms with E-state index in [4.69, 9.17) is 11.6 Å². The molecular weight excluding hydrogens is 286 g/mol. The third kappa shape index (κ3) is 2.60. The van der Waals surface area contributed by atoms with Gasteiger partial charge in [-0.25, -0.2) is 9.78 Å². The van der Waals surface area contributed by atoms with Crippen molar-refractivity contribution in [3.8, 4) is 11.1 Å². The summed E-state index contributed by atoms with van der Waals surface area (Å²) in [4.78, 5) is 15.8. The number of fused-ring (bicyclic) bond motifs is 1. The zero-order valence-electron chi connectivity index (χ0n) is 11.3. The van der Waals surface area contributed by atoms with E-state index < -0.39 is 5.97 Å². The number of hydrogen-bond donors (Lipinski definition) is 0. The number of carbonyl (C=O) groups excluding carboxylic acids is 1. The fourth-order valence-corrected chi connectivity index (χ4v) is 2.46. The second-order valence-corrected chi connectivity index (χ2v) is 4.99. The van der Waals surface area contributed by atoms with Gasteiger partial charge in [0.05, 0.1) is 17.6 Å². The maximum absolute atomic E-state index is 11.6. The van der Waals surface area contributed by atoms with E-state index in [1.165, 1.54) is 13.2 Å². The van der Waals surface area contributed by atoms with Crippen molar-refractivity contribution in [3.05, 3.63) is 65.3 Å². The van der Waals surface area contributed by atoms with Crippen LogP contribution < -0.4 is 0 Å². The Morgan fingerprint density at radius 1 is 1.05 bits per heavy atom. The topological polar surface area (TPSA) is 39.2 Å². The molecule has 0 amide bonds. The van der Waals surface area contributed by atoms with E-state index in [1.54, 1.807) is 0 Å². The van der Waals surface area contributed by atoms with Crippen LogP contribution in [0.1, 0.15) is 10.5 Å². The predicted molar refractivity (Wildman–Crippen MR) is 83.5 cm³/mol. The van der Waals surface area contributed by atoms with E-state index in [9.17, 15) is 4.79 Å². The zero-order chi connectivity index (χ0) is 14.8. The quantitative estimate of drug-likeness (QED) is 0.660. The predicted octanol–water partition coefficient (Wildman–Crippen LogP) is 4.34. The number of carbonyl (C=O) groups is 1. The smallest absolute Gasteiger partial charge is 0.356 e. The second-order valence-electron chi connectivity index (χ2n) is 4.58. The van der Waals surface area contributed by atoms with Crippen LogP contribution in [0.5, 0.6) is 0 Å². The van der Waals surface area contributed by atoms with Gasteiger partial charge in [0.1, 0.15) is 0 Å². The maximum Gasteiger partial charge on any atom is 0.356 e. The standard InChI is InChI=1S/C17H12ClNO2/c1-21-17(20)16-10-14(18)13-9-12(7-8-15(13)19-16)11-5-3-2-4-6-11/h2-10H,1H3. The zero-order valence-corrected chi connectivity index (χ0v) is 12.1. The molecule has 2 aromatic carbocycles.